The van der Waals surface area contributed by atoms with Crippen LogP contribution in [0.3, 0.4) is 0 Å². The third-order valence-corrected chi connectivity index (χ3v) is 1.32. The minimum atomic E-state index is 0.318. The van der Waals surface area contributed by atoms with Crippen LogP contribution in [-0.2, 0) is 0 Å². The van der Waals surface area contributed by atoms with Gasteiger partial charge in [0.25, 0.3) is 0 Å². The molecule has 0 aromatic carbocycles. The summed E-state index contributed by atoms with van der Waals surface area (Å²) < 4.78 is 0. The topological polar surface area (TPSA) is 61.7 Å². The highest BCUT2D eigenvalue weighted by molar-refractivity contribution is 5.83. The molecular weight excluding hydrogens is 152 g/mol. The summed E-state index contributed by atoms with van der Waals surface area (Å²) in [7, 11) is 0. The fourth-order valence-corrected chi connectivity index (χ4v) is 0.840. The maximum atomic E-state index is 7.08. The summed E-state index contributed by atoms with van der Waals surface area (Å²) in [6, 6.07) is 0.318. The maximum absolute atomic E-state index is 7.08. The Kier molecular flexibility index (Phi) is 2.74. The molecule has 1 rings (SSSR count). The van der Waals surface area contributed by atoms with Crippen molar-refractivity contribution in [2.75, 3.05) is 5.32 Å². The fraction of sp³-hybridized carbons (Fsp3) is 0.375. The lowest BCUT2D eigenvalue weighted by molar-refractivity contribution is 0.885. The minimum Gasteiger partial charge on any atom is -0.367 e. The smallest absolute Gasteiger partial charge is 0.138 e. The van der Waals surface area contributed by atoms with Crippen LogP contribution in [0.15, 0.2) is 12.5 Å². The Morgan fingerprint density at radius 1 is 1.58 bits per heavy atom. The van der Waals surface area contributed by atoms with Gasteiger partial charge in [0.05, 0.1) is 5.56 Å². The molecule has 0 aliphatic rings. The highest BCUT2D eigenvalue weighted by Gasteiger charge is 2.01. The zero-order valence-corrected chi connectivity index (χ0v) is 7.20. The van der Waals surface area contributed by atoms with Crippen LogP contribution in [0.25, 0.3) is 0 Å². The monoisotopic (exact) mass is 164 g/mol. The predicted octanol–water partition coefficient (Wildman–Crippen LogP) is 1.29. The van der Waals surface area contributed by atoms with Crippen molar-refractivity contribution in [1.82, 2.24) is 9.97 Å². The molecule has 1 aromatic heterocycles. The molecule has 12 heavy (non-hydrogen) atoms. The highest BCUT2D eigenvalue weighted by Crippen LogP contribution is 2.07. The van der Waals surface area contributed by atoms with E-state index in [9.17, 15) is 0 Å². The Morgan fingerprint density at radius 2 is 2.33 bits per heavy atom. The summed E-state index contributed by atoms with van der Waals surface area (Å²) >= 11 is 0. The number of hydrogen-bond acceptors (Lipinski definition) is 4. The van der Waals surface area contributed by atoms with Crippen molar-refractivity contribution in [3.8, 4) is 0 Å². The molecule has 4 heteroatoms. The molecular formula is C8H12N4. The lowest BCUT2D eigenvalue weighted by Crippen LogP contribution is -2.12. The van der Waals surface area contributed by atoms with E-state index in [1.165, 1.54) is 12.5 Å². The largest absolute Gasteiger partial charge is 0.367 e. The molecule has 0 aliphatic heterocycles. The van der Waals surface area contributed by atoms with Crippen molar-refractivity contribution < 1.29 is 0 Å². The SMILES string of the molecule is CC(C)Nc1ncncc1C=N. The Morgan fingerprint density at radius 3 is 2.92 bits per heavy atom. The molecule has 1 aromatic rings. The maximum Gasteiger partial charge on any atom is 0.138 e. The fourth-order valence-electron chi connectivity index (χ4n) is 0.840. The summed E-state index contributed by atoms with van der Waals surface area (Å²) in [5, 5.41) is 10.2. The molecule has 0 saturated heterocycles. The second-order valence-electron chi connectivity index (χ2n) is 2.77. The number of nitrogens with zero attached hydrogens (tertiary/aromatic N) is 2. The van der Waals surface area contributed by atoms with E-state index in [0.29, 0.717) is 11.6 Å². The van der Waals surface area contributed by atoms with Gasteiger partial charge in [-0.25, -0.2) is 9.97 Å². The summed E-state index contributed by atoms with van der Waals surface area (Å²) in [6.45, 7) is 4.05. The first-order chi connectivity index (χ1) is 5.74. The van der Waals surface area contributed by atoms with E-state index in [1.54, 1.807) is 6.20 Å². The van der Waals surface area contributed by atoms with Gasteiger partial charge in [-0.1, -0.05) is 0 Å². The normalized spacial score (nSPS) is 9.92. The van der Waals surface area contributed by atoms with Crippen LogP contribution >= 0.6 is 0 Å². The summed E-state index contributed by atoms with van der Waals surface area (Å²) in [5.74, 6) is 0.718. The van der Waals surface area contributed by atoms with Gasteiger partial charge in [-0.3, -0.25) is 0 Å². The number of rotatable bonds is 3. The average Bonchev–Trinajstić information content (AvgIpc) is 2.04. The molecule has 64 valence electrons. The van der Waals surface area contributed by atoms with Crippen LogP contribution in [0.5, 0.6) is 0 Å². The van der Waals surface area contributed by atoms with Gasteiger partial charge in [-0.05, 0) is 13.8 Å². The molecule has 4 nitrogen and oxygen atoms in total. The lowest BCUT2D eigenvalue weighted by atomic mass is 10.3. The molecule has 0 atom stereocenters. The van der Waals surface area contributed by atoms with Gasteiger partial charge in [0.15, 0.2) is 0 Å². The quantitative estimate of drug-likeness (QED) is 0.662. The van der Waals surface area contributed by atoms with E-state index in [4.69, 9.17) is 5.41 Å². The zero-order valence-electron chi connectivity index (χ0n) is 7.20. The van der Waals surface area contributed by atoms with Gasteiger partial charge in [0, 0.05) is 18.5 Å². The number of nitrogens with one attached hydrogen (secondary N) is 2. The zero-order chi connectivity index (χ0) is 8.97. The third kappa shape index (κ3) is 2.02. The lowest BCUT2D eigenvalue weighted by Gasteiger charge is -2.09. The number of aromatic nitrogens is 2. The van der Waals surface area contributed by atoms with Crippen molar-refractivity contribution in [2.45, 2.75) is 19.9 Å². The van der Waals surface area contributed by atoms with Crippen LogP contribution in [0.2, 0.25) is 0 Å². The minimum absolute atomic E-state index is 0.318. The van der Waals surface area contributed by atoms with Crippen molar-refractivity contribution in [3.63, 3.8) is 0 Å². The van der Waals surface area contributed by atoms with E-state index in [-0.39, 0.29) is 0 Å². The molecule has 0 spiro atoms. The van der Waals surface area contributed by atoms with Crippen LogP contribution in [0.4, 0.5) is 5.82 Å². The number of anilines is 1. The number of hydrogen-bond donors (Lipinski definition) is 2. The summed E-state index contributed by atoms with van der Waals surface area (Å²) in [5.41, 5.74) is 0.714. The third-order valence-electron chi connectivity index (χ3n) is 1.32. The van der Waals surface area contributed by atoms with E-state index >= 15 is 0 Å². The Labute approximate surface area is 71.6 Å². The molecule has 0 saturated carbocycles. The van der Waals surface area contributed by atoms with Crippen molar-refractivity contribution in [2.24, 2.45) is 0 Å². The van der Waals surface area contributed by atoms with E-state index in [2.05, 4.69) is 15.3 Å². The Bertz CT molecular complexity index is 270. The summed E-state index contributed by atoms with van der Waals surface area (Å²) in [6.07, 6.45) is 4.33. The standard InChI is InChI=1S/C8H12N4/c1-6(2)12-8-7(3-9)4-10-5-11-8/h3-6,9H,1-2H3,(H,10,11,12). The molecule has 0 fully saturated rings. The van der Waals surface area contributed by atoms with Crippen LogP contribution in [0, 0.1) is 5.41 Å². The van der Waals surface area contributed by atoms with Crippen molar-refractivity contribution in [3.05, 3.63) is 18.1 Å². The highest BCUT2D eigenvalue weighted by atomic mass is 15.0. The van der Waals surface area contributed by atoms with Crippen molar-refractivity contribution in [1.29, 1.82) is 5.41 Å². The predicted molar refractivity (Wildman–Crippen MR) is 48.7 cm³/mol. The first kappa shape index (κ1) is 8.64. The van der Waals surface area contributed by atoms with Gasteiger partial charge in [0.2, 0.25) is 0 Å². The van der Waals surface area contributed by atoms with Gasteiger partial charge in [-0.15, -0.1) is 0 Å². The molecule has 0 aliphatic carbocycles. The summed E-state index contributed by atoms with van der Waals surface area (Å²) in [4.78, 5) is 7.84. The first-order valence-electron chi connectivity index (χ1n) is 3.81. The molecule has 1 heterocycles. The molecule has 0 bridgehead atoms. The molecule has 0 radical (unpaired) electrons. The van der Waals surface area contributed by atoms with E-state index in [0.717, 1.165) is 5.82 Å². The van der Waals surface area contributed by atoms with Gasteiger partial charge in [-0.2, -0.15) is 0 Å². The first-order valence-corrected chi connectivity index (χ1v) is 3.81. The second-order valence-corrected chi connectivity index (χ2v) is 2.77. The van der Waals surface area contributed by atoms with Crippen LogP contribution in [-0.4, -0.2) is 22.2 Å². The van der Waals surface area contributed by atoms with E-state index in [1.807, 2.05) is 13.8 Å². The van der Waals surface area contributed by atoms with Gasteiger partial charge < -0.3 is 10.7 Å². The second kappa shape index (κ2) is 3.80. The average molecular weight is 164 g/mol. The van der Waals surface area contributed by atoms with Gasteiger partial charge >= 0.3 is 0 Å². The van der Waals surface area contributed by atoms with Gasteiger partial charge in [0.1, 0.15) is 12.1 Å². The molecule has 0 amide bonds. The molecule has 0 unspecified atom stereocenters. The van der Waals surface area contributed by atoms with E-state index < -0.39 is 0 Å². The Hall–Kier alpha value is -1.45. The van der Waals surface area contributed by atoms with Crippen LogP contribution < -0.4 is 5.32 Å². The Balaban J connectivity index is 2.89. The van der Waals surface area contributed by atoms with Crippen LogP contribution in [0.1, 0.15) is 19.4 Å². The van der Waals surface area contributed by atoms with Crippen molar-refractivity contribution >= 4 is 12.0 Å². The molecule has 2 N–H and O–H groups in total.